The molecule has 0 saturated heterocycles. The number of aromatic carboxylic acids is 1. The Kier molecular flexibility index (Phi) is 5.53. The first-order valence-corrected chi connectivity index (χ1v) is 10.5. The van der Waals surface area contributed by atoms with Gasteiger partial charge in [-0.3, -0.25) is 5.32 Å². The molecule has 0 spiro atoms. The number of ether oxygens (including phenoxy) is 1. The van der Waals surface area contributed by atoms with E-state index in [-0.39, 0.29) is 32.7 Å². The molecule has 3 aromatic rings. The van der Waals surface area contributed by atoms with Gasteiger partial charge in [0.1, 0.15) is 17.9 Å². The number of phenolic OH excluding ortho intramolecular Hbond substituents is 1. The summed E-state index contributed by atoms with van der Waals surface area (Å²) in [5.41, 5.74) is 3.80. The van der Waals surface area contributed by atoms with E-state index in [9.17, 15) is 19.8 Å². The number of carboxylic acids is 1. The first-order valence-electron chi connectivity index (χ1n) is 8.94. The summed E-state index contributed by atoms with van der Waals surface area (Å²) in [7, 11) is 0. The highest BCUT2D eigenvalue weighted by molar-refractivity contribution is 9.11. The van der Waals surface area contributed by atoms with E-state index in [0.29, 0.717) is 0 Å². The number of carbonyl (C=O) groups is 2. The number of amides is 1. The van der Waals surface area contributed by atoms with Crippen LogP contribution in [0.15, 0.2) is 63.5 Å². The Hall–Kier alpha value is -2.84. The first-order chi connectivity index (χ1) is 14.4. The molecule has 0 atom stereocenters. The molecule has 0 radical (unpaired) electrons. The molecule has 0 fully saturated rings. The predicted octanol–water partition coefficient (Wildman–Crippen LogP) is 5.98. The lowest BCUT2D eigenvalue weighted by Gasteiger charge is -2.16. The first kappa shape index (κ1) is 20.4. The molecule has 0 aromatic heterocycles. The number of rotatable bonds is 4. The molecule has 6 nitrogen and oxygen atoms in total. The van der Waals surface area contributed by atoms with Crippen molar-refractivity contribution in [3.8, 4) is 16.9 Å². The SMILES string of the molecule is O=C(Nc1c(O)c(Br)cc(Br)c1C(=O)O)OCC1c2ccccc2-c2ccccc21. The van der Waals surface area contributed by atoms with Crippen LogP contribution in [0.4, 0.5) is 10.5 Å². The molecule has 0 unspecified atom stereocenters. The average Bonchev–Trinajstić information content (AvgIpc) is 3.04. The molecule has 0 aliphatic heterocycles. The van der Waals surface area contributed by atoms with E-state index >= 15 is 0 Å². The highest BCUT2D eigenvalue weighted by Gasteiger charge is 2.29. The molecular weight excluding hydrogens is 518 g/mol. The molecule has 4 rings (SSSR count). The number of benzene rings is 3. The third-order valence-corrected chi connectivity index (χ3v) is 6.22. The number of halogens is 2. The molecule has 0 saturated carbocycles. The summed E-state index contributed by atoms with van der Waals surface area (Å²) in [5.74, 6) is -1.84. The number of carboxylic acid groups (broad SMARTS) is 1. The van der Waals surface area contributed by atoms with Crippen LogP contribution >= 0.6 is 31.9 Å². The molecule has 3 N–H and O–H groups in total. The zero-order chi connectivity index (χ0) is 21.4. The van der Waals surface area contributed by atoms with Crippen molar-refractivity contribution in [2.24, 2.45) is 0 Å². The molecule has 1 aliphatic rings. The van der Waals surface area contributed by atoms with Gasteiger partial charge in [0.2, 0.25) is 0 Å². The van der Waals surface area contributed by atoms with E-state index in [2.05, 4.69) is 37.2 Å². The zero-order valence-electron chi connectivity index (χ0n) is 15.4. The number of carbonyl (C=O) groups excluding carboxylic acids is 1. The molecule has 1 aliphatic carbocycles. The molecule has 3 aromatic carbocycles. The Labute approximate surface area is 188 Å². The molecule has 0 bridgehead atoms. The fourth-order valence-electron chi connectivity index (χ4n) is 3.68. The van der Waals surface area contributed by atoms with Gasteiger partial charge in [-0.15, -0.1) is 0 Å². The van der Waals surface area contributed by atoms with Gasteiger partial charge in [0.05, 0.1) is 4.47 Å². The molecule has 1 amide bonds. The average molecular weight is 533 g/mol. The van der Waals surface area contributed by atoms with Crippen molar-refractivity contribution in [1.29, 1.82) is 0 Å². The number of aromatic hydroxyl groups is 1. The monoisotopic (exact) mass is 531 g/mol. The maximum atomic E-state index is 12.5. The lowest BCUT2D eigenvalue weighted by molar-refractivity contribution is 0.0696. The molecule has 0 heterocycles. The fourth-order valence-corrected chi connectivity index (χ4v) is 5.01. The van der Waals surface area contributed by atoms with Crippen molar-refractivity contribution < 1.29 is 24.5 Å². The van der Waals surface area contributed by atoms with Crippen molar-refractivity contribution in [2.45, 2.75) is 5.92 Å². The summed E-state index contributed by atoms with van der Waals surface area (Å²) >= 11 is 6.27. The van der Waals surface area contributed by atoms with Gasteiger partial charge in [0.25, 0.3) is 0 Å². The lowest BCUT2D eigenvalue weighted by atomic mass is 9.98. The summed E-state index contributed by atoms with van der Waals surface area (Å²) in [6.07, 6.45) is -0.861. The van der Waals surface area contributed by atoms with Gasteiger partial charge in [-0.05, 0) is 60.2 Å². The second-order valence-electron chi connectivity index (χ2n) is 6.69. The summed E-state index contributed by atoms with van der Waals surface area (Å²) in [5, 5.41) is 22.0. The van der Waals surface area contributed by atoms with E-state index in [1.54, 1.807) is 0 Å². The minimum atomic E-state index is -1.31. The van der Waals surface area contributed by atoms with Crippen molar-refractivity contribution in [2.75, 3.05) is 11.9 Å². The number of hydrogen-bond acceptors (Lipinski definition) is 4. The fraction of sp³-hybridized carbons (Fsp3) is 0.0909. The second kappa shape index (κ2) is 8.12. The van der Waals surface area contributed by atoms with E-state index in [4.69, 9.17) is 4.74 Å². The number of hydrogen-bond donors (Lipinski definition) is 3. The van der Waals surface area contributed by atoms with Crippen LogP contribution in [0.25, 0.3) is 11.1 Å². The van der Waals surface area contributed by atoms with E-state index in [0.717, 1.165) is 22.3 Å². The standard InChI is InChI=1S/C22H15Br2NO5/c23-16-9-17(24)20(26)19(18(16)21(27)28)25-22(29)30-10-15-13-7-3-1-5-11(13)12-6-2-4-8-14(12)15/h1-9,15,26H,10H2,(H,25,29)(H,27,28). The number of anilines is 1. The van der Waals surface area contributed by atoms with Gasteiger partial charge < -0.3 is 14.9 Å². The predicted molar refractivity (Wildman–Crippen MR) is 119 cm³/mol. The van der Waals surface area contributed by atoms with Gasteiger partial charge in [-0.2, -0.15) is 0 Å². The Morgan fingerprint density at radius 2 is 1.53 bits per heavy atom. The van der Waals surface area contributed by atoms with Crippen LogP contribution in [0.2, 0.25) is 0 Å². The van der Waals surface area contributed by atoms with Gasteiger partial charge >= 0.3 is 12.1 Å². The van der Waals surface area contributed by atoms with Crippen LogP contribution in [-0.4, -0.2) is 28.9 Å². The molecule has 152 valence electrons. The zero-order valence-corrected chi connectivity index (χ0v) is 18.5. The van der Waals surface area contributed by atoms with Gasteiger partial charge in [0, 0.05) is 10.4 Å². The normalized spacial score (nSPS) is 12.2. The van der Waals surface area contributed by atoms with E-state index in [1.165, 1.54) is 6.07 Å². The Morgan fingerprint density at radius 1 is 0.967 bits per heavy atom. The van der Waals surface area contributed by atoms with Gasteiger partial charge in [-0.25, -0.2) is 9.59 Å². The third-order valence-electron chi connectivity index (χ3n) is 4.99. The number of phenols is 1. The molecule has 8 heteroatoms. The third kappa shape index (κ3) is 3.57. The molecule has 30 heavy (non-hydrogen) atoms. The minimum Gasteiger partial charge on any atom is -0.505 e. The highest BCUT2D eigenvalue weighted by Crippen LogP contribution is 2.45. The van der Waals surface area contributed by atoms with Crippen LogP contribution in [-0.2, 0) is 4.74 Å². The number of nitrogens with one attached hydrogen (secondary N) is 1. The maximum Gasteiger partial charge on any atom is 0.411 e. The highest BCUT2D eigenvalue weighted by atomic mass is 79.9. The van der Waals surface area contributed by atoms with Gasteiger partial charge in [0.15, 0.2) is 5.75 Å². The second-order valence-corrected chi connectivity index (χ2v) is 8.40. The minimum absolute atomic E-state index is 0.0677. The van der Waals surface area contributed by atoms with Crippen molar-refractivity contribution in [1.82, 2.24) is 0 Å². The molecular formula is C22H15Br2NO5. The van der Waals surface area contributed by atoms with Crippen molar-refractivity contribution in [3.05, 3.63) is 80.2 Å². The maximum absolute atomic E-state index is 12.5. The summed E-state index contributed by atoms with van der Waals surface area (Å²) in [6.45, 7) is 0.0677. The van der Waals surface area contributed by atoms with Gasteiger partial charge in [-0.1, -0.05) is 48.5 Å². The van der Waals surface area contributed by atoms with Crippen molar-refractivity contribution >= 4 is 49.6 Å². The van der Waals surface area contributed by atoms with Crippen LogP contribution in [0, 0.1) is 0 Å². The van der Waals surface area contributed by atoms with E-state index < -0.39 is 17.8 Å². The Morgan fingerprint density at radius 3 is 2.10 bits per heavy atom. The summed E-state index contributed by atoms with van der Waals surface area (Å²) < 4.78 is 5.86. The van der Waals surface area contributed by atoms with E-state index in [1.807, 2.05) is 48.5 Å². The quantitative estimate of drug-likeness (QED) is 0.359. The lowest BCUT2D eigenvalue weighted by Crippen LogP contribution is -2.19. The Balaban J connectivity index is 1.57. The Bertz CT molecular complexity index is 1130. The largest absolute Gasteiger partial charge is 0.505 e. The van der Waals surface area contributed by atoms with Crippen LogP contribution < -0.4 is 5.32 Å². The topological polar surface area (TPSA) is 95.9 Å². The number of fused-ring (bicyclic) bond motifs is 3. The summed E-state index contributed by atoms with van der Waals surface area (Å²) in [6, 6.07) is 17.3. The summed E-state index contributed by atoms with van der Waals surface area (Å²) in [4.78, 5) is 24.1. The van der Waals surface area contributed by atoms with Crippen LogP contribution in [0.5, 0.6) is 5.75 Å². The van der Waals surface area contributed by atoms with Crippen LogP contribution in [0.1, 0.15) is 27.4 Å². The van der Waals surface area contributed by atoms with Crippen molar-refractivity contribution in [3.63, 3.8) is 0 Å². The smallest absolute Gasteiger partial charge is 0.411 e. The van der Waals surface area contributed by atoms with Crippen LogP contribution in [0.3, 0.4) is 0 Å².